The lowest BCUT2D eigenvalue weighted by Crippen LogP contribution is -2.50. The predicted molar refractivity (Wildman–Crippen MR) is 164 cm³/mol. The van der Waals surface area contributed by atoms with Gasteiger partial charge < -0.3 is 14.8 Å². The average molecular weight is 565 g/mol. The Morgan fingerprint density at radius 2 is 1.67 bits per heavy atom. The van der Waals surface area contributed by atoms with Crippen LogP contribution < -0.4 is 14.8 Å². The molecule has 7 heteroatoms. The number of nitrogens with one attached hydrogen (secondary N) is 1. The summed E-state index contributed by atoms with van der Waals surface area (Å²) in [5.41, 5.74) is 3.88. The third kappa shape index (κ3) is 5.79. The number of nitrogens with zero attached hydrogens (tertiary/aromatic N) is 3. The number of benzene rings is 3. The summed E-state index contributed by atoms with van der Waals surface area (Å²) in [4.78, 5) is 16.4. The molecule has 1 aromatic heterocycles. The van der Waals surface area contributed by atoms with E-state index in [1.165, 1.54) is 5.56 Å². The number of likely N-dealkylation sites (tertiary alicyclic amines) is 1. The molecule has 1 aliphatic heterocycles. The highest BCUT2D eigenvalue weighted by Gasteiger charge is 2.45. The van der Waals surface area contributed by atoms with Crippen LogP contribution >= 0.6 is 0 Å². The molecule has 1 amide bonds. The fourth-order valence-corrected chi connectivity index (χ4v) is 6.66. The van der Waals surface area contributed by atoms with Gasteiger partial charge in [-0.2, -0.15) is 5.10 Å². The predicted octanol–water partition coefficient (Wildman–Crippen LogP) is 6.57. The van der Waals surface area contributed by atoms with Crippen molar-refractivity contribution in [2.75, 3.05) is 20.2 Å². The first kappa shape index (κ1) is 28.0. The first-order chi connectivity index (χ1) is 20.6. The molecule has 42 heavy (non-hydrogen) atoms. The Bertz CT molecular complexity index is 1500. The van der Waals surface area contributed by atoms with Gasteiger partial charge in [0, 0.05) is 36.9 Å². The van der Waals surface area contributed by atoms with Gasteiger partial charge in [0.05, 0.1) is 24.4 Å². The molecule has 0 spiro atoms. The molecule has 2 fully saturated rings. The Balaban J connectivity index is 1.07. The molecule has 2 heterocycles. The number of rotatable bonds is 9. The van der Waals surface area contributed by atoms with E-state index in [4.69, 9.17) is 14.6 Å². The summed E-state index contributed by atoms with van der Waals surface area (Å²) in [5.74, 6) is 2.39. The number of piperidine rings is 1. The van der Waals surface area contributed by atoms with Gasteiger partial charge in [0.15, 0.2) is 11.5 Å². The number of amides is 1. The second-order valence-corrected chi connectivity index (χ2v) is 11.6. The summed E-state index contributed by atoms with van der Waals surface area (Å²) in [7, 11) is 1.65. The second kappa shape index (κ2) is 12.4. The Morgan fingerprint density at radius 3 is 2.40 bits per heavy atom. The van der Waals surface area contributed by atoms with Gasteiger partial charge in [0.25, 0.3) is 0 Å². The zero-order chi connectivity index (χ0) is 28.9. The van der Waals surface area contributed by atoms with E-state index in [-0.39, 0.29) is 11.9 Å². The van der Waals surface area contributed by atoms with Crippen LogP contribution in [0.3, 0.4) is 0 Å². The molecule has 0 radical (unpaired) electrons. The molecule has 1 aliphatic carbocycles. The monoisotopic (exact) mass is 564 g/mol. The summed E-state index contributed by atoms with van der Waals surface area (Å²) in [6.45, 7) is 4.84. The highest BCUT2D eigenvalue weighted by Crippen LogP contribution is 2.43. The molecular formula is C35H40N4O3. The quantitative estimate of drug-likeness (QED) is 0.249. The number of para-hydroxylation sites is 3. The van der Waals surface area contributed by atoms with Crippen LogP contribution in [0.15, 0.2) is 85.1 Å². The molecule has 0 unspecified atom stereocenters. The smallest absolute Gasteiger partial charge is 0.231 e. The van der Waals surface area contributed by atoms with Crippen LogP contribution in [-0.2, 0) is 16.8 Å². The van der Waals surface area contributed by atoms with Crippen LogP contribution in [0.25, 0.3) is 5.69 Å². The second-order valence-electron chi connectivity index (χ2n) is 11.6. The fourth-order valence-electron chi connectivity index (χ4n) is 6.66. The fraction of sp³-hybridized carbons (Fsp3) is 0.371. The normalized spacial score (nSPS) is 17.2. The van der Waals surface area contributed by atoms with Crippen molar-refractivity contribution < 1.29 is 14.3 Å². The number of aromatic nitrogens is 2. The maximum Gasteiger partial charge on any atom is 0.231 e. The third-order valence-electron chi connectivity index (χ3n) is 8.94. The topological polar surface area (TPSA) is 68.6 Å². The van der Waals surface area contributed by atoms with E-state index in [9.17, 15) is 4.79 Å². The lowest BCUT2D eigenvalue weighted by Gasteiger charge is -2.35. The van der Waals surface area contributed by atoms with Gasteiger partial charge in [-0.25, -0.2) is 4.68 Å². The Morgan fingerprint density at radius 1 is 0.952 bits per heavy atom. The van der Waals surface area contributed by atoms with E-state index in [1.807, 2.05) is 65.5 Å². The highest BCUT2D eigenvalue weighted by molar-refractivity contribution is 5.89. The zero-order valence-electron chi connectivity index (χ0n) is 24.6. The van der Waals surface area contributed by atoms with Crippen molar-refractivity contribution in [3.05, 3.63) is 102 Å². The summed E-state index contributed by atoms with van der Waals surface area (Å²) in [6, 6.07) is 26.3. The number of ether oxygens (including phenoxy) is 2. The van der Waals surface area contributed by atoms with Crippen LogP contribution in [0, 0.1) is 6.92 Å². The van der Waals surface area contributed by atoms with Gasteiger partial charge in [0.1, 0.15) is 5.75 Å². The molecule has 0 bridgehead atoms. The van der Waals surface area contributed by atoms with Crippen molar-refractivity contribution in [1.29, 1.82) is 0 Å². The van der Waals surface area contributed by atoms with Crippen molar-refractivity contribution in [1.82, 2.24) is 20.0 Å². The number of hydrogen-bond acceptors (Lipinski definition) is 5. The summed E-state index contributed by atoms with van der Waals surface area (Å²) in [6.07, 6.45) is 7.73. The molecule has 4 aromatic rings. The molecule has 218 valence electrons. The lowest BCUT2D eigenvalue weighted by atomic mass is 9.77. The minimum Gasteiger partial charge on any atom is -0.493 e. The number of carbonyl (C=O) groups is 1. The van der Waals surface area contributed by atoms with Crippen molar-refractivity contribution in [3.63, 3.8) is 0 Å². The molecule has 7 nitrogen and oxygen atoms in total. The molecule has 3 aromatic carbocycles. The van der Waals surface area contributed by atoms with E-state index >= 15 is 0 Å². The van der Waals surface area contributed by atoms with Crippen molar-refractivity contribution in [3.8, 4) is 22.9 Å². The average Bonchev–Trinajstić information content (AvgIpc) is 3.67. The summed E-state index contributed by atoms with van der Waals surface area (Å²) >= 11 is 0. The van der Waals surface area contributed by atoms with Gasteiger partial charge in [-0.1, -0.05) is 55.3 Å². The minimum atomic E-state index is -0.490. The first-order valence-corrected chi connectivity index (χ1v) is 15.1. The van der Waals surface area contributed by atoms with Gasteiger partial charge in [-0.3, -0.25) is 9.69 Å². The third-order valence-corrected chi connectivity index (χ3v) is 8.94. The highest BCUT2D eigenvalue weighted by atomic mass is 16.5. The number of methoxy groups -OCH3 is 1. The van der Waals surface area contributed by atoms with Gasteiger partial charge in [0.2, 0.25) is 5.91 Å². The van der Waals surface area contributed by atoms with Crippen molar-refractivity contribution >= 4 is 5.91 Å². The number of hydrogen-bond donors (Lipinski definition) is 1. The molecule has 1 saturated carbocycles. The summed E-state index contributed by atoms with van der Waals surface area (Å²) < 4.78 is 13.5. The van der Waals surface area contributed by atoms with E-state index in [1.54, 1.807) is 7.11 Å². The van der Waals surface area contributed by atoms with Crippen LogP contribution in [0.5, 0.6) is 17.2 Å². The van der Waals surface area contributed by atoms with Crippen LogP contribution in [0.4, 0.5) is 0 Å². The minimum absolute atomic E-state index is 0.176. The maximum absolute atomic E-state index is 14.0. The van der Waals surface area contributed by atoms with E-state index in [2.05, 4.69) is 41.4 Å². The first-order valence-electron chi connectivity index (χ1n) is 15.1. The standard InChI is InChI=1S/C35H40N4O3/c1-26-31(24-36-39(26)29-12-4-3-5-13-29)35(19-8-9-20-35)34(40)37-28-17-21-38(22-18-28)25-27-11-10-14-30(23-27)42-33-16-7-6-15-32(33)41-2/h3-7,10-16,23-24,28H,8-9,17-22,25H2,1-2H3,(H,37,40). The van der Waals surface area contributed by atoms with E-state index in [0.29, 0.717) is 11.5 Å². The molecule has 1 saturated heterocycles. The van der Waals surface area contributed by atoms with Gasteiger partial charge in [-0.15, -0.1) is 0 Å². The Kier molecular flexibility index (Phi) is 8.29. The molecule has 0 atom stereocenters. The maximum atomic E-state index is 14.0. The van der Waals surface area contributed by atoms with Crippen molar-refractivity contribution in [2.45, 2.75) is 63.5 Å². The summed E-state index contributed by atoms with van der Waals surface area (Å²) in [5, 5.41) is 8.18. The van der Waals surface area contributed by atoms with Crippen LogP contribution in [-0.4, -0.2) is 46.8 Å². The molecule has 1 N–H and O–H groups in total. The van der Waals surface area contributed by atoms with Crippen LogP contribution in [0.2, 0.25) is 0 Å². The largest absolute Gasteiger partial charge is 0.493 e. The SMILES string of the molecule is COc1ccccc1Oc1cccc(CN2CCC(NC(=O)C3(c4cnn(-c5ccccc5)c4C)CCCC3)CC2)c1. The van der Waals surface area contributed by atoms with E-state index in [0.717, 1.165) is 80.9 Å². The molecule has 6 rings (SSSR count). The van der Waals surface area contributed by atoms with Crippen LogP contribution in [0.1, 0.15) is 55.3 Å². The zero-order valence-corrected chi connectivity index (χ0v) is 24.6. The lowest BCUT2D eigenvalue weighted by molar-refractivity contribution is -0.127. The number of carbonyl (C=O) groups excluding carboxylic acids is 1. The van der Waals surface area contributed by atoms with Gasteiger partial charge >= 0.3 is 0 Å². The van der Waals surface area contributed by atoms with Crippen molar-refractivity contribution in [2.24, 2.45) is 0 Å². The molecule has 2 aliphatic rings. The van der Waals surface area contributed by atoms with Gasteiger partial charge in [-0.05, 0) is 74.6 Å². The Labute approximate surface area is 248 Å². The molecular weight excluding hydrogens is 524 g/mol. The Hall–Kier alpha value is -4.10. The van der Waals surface area contributed by atoms with E-state index < -0.39 is 5.41 Å².